The molecule has 0 spiro atoms. The average Bonchev–Trinajstić information content (AvgIpc) is 3.54. The molecule has 8 N–H and O–H groups in total. The van der Waals surface area contributed by atoms with Crippen molar-refractivity contribution in [2.75, 3.05) is 88.6 Å². The molecule has 0 bridgehead atoms. The van der Waals surface area contributed by atoms with Crippen molar-refractivity contribution in [1.29, 1.82) is 0 Å². The van der Waals surface area contributed by atoms with Crippen molar-refractivity contribution in [2.24, 2.45) is 0 Å². The lowest BCUT2D eigenvalue weighted by atomic mass is 10.1. The van der Waals surface area contributed by atoms with E-state index in [4.69, 9.17) is 4.42 Å². The van der Waals surface area contributed by atoms with Crippen LogP contribution in [0.4, 0.5) is 11.4 Å². The zero-order valence-electron chi connectivity index (χ0n) is 27.0. The number of aliphatic hydroxyl groups excluding tert-OH is 4. The molecule has 0 aliphatic rings. The Labute approximate surface area is 289 Å². The molecule has 0 aliphatic carbocycles. The number of nitrogens with zero attached hydrogens (tertiary/aromatic N) is 3. The van der Waals surface area contributed by atoms with Gasteiger partial charge in [-0.1, -0.05) is 12.1 Å². The predicted octanol–water partition coefficient (Wildman–Crippen LogP) is -1.88. The summed E-state index contributed by atoms with van der Waals surface area (Å²) in [5.41, 5.74) is 0.512. The molecule has 0 atom stereocenters. The Hall–Kier alpha value is -5.14. The molecular formula is C32H39N7O10S. The largest absolute Gasteiger partial charge is 0.422 e. The number of hydrogen-bond donors (Lipinski definition) is 8. The molecule has 0 aliphatic heterocycles. The molecular weight excluding hydrogens is 674 g/mol. The Morgan fingerprint density at radius 3 is 1.60 bits per heavy atom. The second kappa shape index (κ2) is 18.6. The van der Waals surface area contributed by atoms with Crippen molar-refractivity contribution >= 4 is 67.5 Å². The number of carbonyl (C=O) groups excluding carboxylic acids is 4. The zero-order valence-corrected chi connectivity index (χ0v) is 27.8. The number of nitrogens with one attached hydrogen (secondary N) is 4. The first kappa shape index (κ1) is 37.7. The molecule has 0 radical (unpaired) electrons. The lowest BCUT2D eigenvalue weighted by molar-refractivity contribution is -0.122. The Kier molecular flexibility index (Phi) is 14.0. The van der Waals surface area contributed by atoms with E-state index >= 15 is 0 Å². The third-order valence-electron chi connectivity index (χ3n) is 7.11. The zero-order chi connectivity index (χ0) is 36.0. The van der Waals surface area contributed by atoms with Gasteiger partial charge in [0.15, 0.2) is 0 Å². The highest BCUT2D eigenvalue weighted by Gasteiger charge is 2.26. The average molecular weight is 714 g/mol. The van der Waals surface area contributed by atoms with E-state index in [-0.39, 0.29) is 75.1 Å². The third kappa shape index (κ3) is 10.2. The van der Waals surface area contributed by atoms with Gasteiger partial charge < -0.3 is 55.9 Å². The first-order chi connectivity index (χ1) is 24.2. The minimum Gasteiger partial charge on any atom is -0.422 e. The predicted molar refractivity (Wildman–Crippen MR) is 186 cm³/mol. The summed E-state index contributed by atoms with van der Waals surface area (Å²) in [6, 6.07) is 11.9. The number of hydrogen-bond acceptors (Lipinski definition) is 14. The van der Waals surface area contributed by atoms with E-state index in [9.17, 15) is 44.4 Å². The summed E-state index contributed by atoms with van der Waals surface area (Å²) < 4.78 is 6.61. The molecule has 4 amide bonds. The summed E-state index contributed by atoms with van der Waals surface area (Å²) in [5.74, 6) is -2.30. The fourth-order valence-electron chi connectivity index (χ4n) is 4.94. The molecule has 2 aromatic carbocycles. The minimum atomic E-state index is -0.702. The third-order valence-corrected chi connectivity index (χ3v) is 8.18. The summed E-state index contributed by atoms with van der Waals surface area (Å²) in [6.45, 7) is -3.35. The number of carbonyl (C=O) groups is 4. The fraction of sp³-hybridized carbons (Fsp3) is 0.375. The van der Waals surface area contributed by atoms with Crippen LogP contribution in [0.5, 0.6) is 0 Å². The van der Waals surface area contributed by atoms with Gasteiger partial charge in [-0.15, -0.1) is 11.3 Å². The van der Waals surface area contributed by atoms with Gasteiger partial charge in [-0.3, -0.25) is 19.2 Å². The van der Waals surface area contributed by atoms with E-state index in [1.165, 1.54) is 27.2 Å². The fourth-order valence-corrected chi connectivity index (χ4v) is 5.91. The number of rotatable bonds is 19. The van der Waals surface area contributed by atoms with Crippen LogP contribution >= 0.6 is 11.3 Å². The summed E-state index contributed by atoms with van der Waals surface area (Å²) in [6.07, 6.45) is 0. The molecule has 0 fully saturated rings. The summed E-state index contributed by atoms with van der Waals surface area (Å²) in [5, 5.41) is 47.9. The highest BCUT2D eigenvalue weighted by atomic mass is 32.1. The topological polar surface area (TPSA) is 247 Å². The Bertz CT molecular complexity index is 1790. The van der Waals surface area contributed by atoms with Gasteiger partial charge in [0.2, 0.25) is 23.6 Å². The van der Waals surface area contributed by atoms with Crippen LogP contribution in [0, 0.1) is 0 Å². The maximum Gasteiger partial charge on any atom is 0.346 e. The number of anilines is 2. The SMILES string of the molecule is O=C(CN(CC(=O)NCCO)c1cc2cc(-c3nc4ccccc4s3)c(=O)oc2cc1N(CC(=O)NCCO)CC(=O)NCCO)NCCO. The van der Waals surface area contributed by atoms with Crippen molar-refractivity contribution in [2.45, 2.75) is 0 Å². The van der Waals surface area contributed by atoms with Gasteiger partial charge in [-0.05, 0) is 24.3 Å². The normalized spacial score (nSPS) is 11.0. The number of amides is 4. The van der Waals surface area contributed by atoms with Gasteiger partial charge in [-0.2, -0.15) is 0 Å². The lowest BCUT2D eigenvalue weighted by Gasteiger charge is -2.32. The van der Waals surface area contributed by atoms with Crippen LogP contribution in [0.2, 0.25) is 0 Å². The summed E-state index contributed by atoms with van der Waals surface area (Å²) in [4.78, 5) is 72.5. The molecule has 2 aromatic heterocycles. The van der Waals surface area contributed by atoms with Gasteiger partial charge in [0.25, 0.3) is 0 Å². The smallest absolute Gasteiger partial charge is 0.346 e. The molecule has 4 rings (SSSR count). The van der Waals surface area contributed by atoms with E-state index in [1.807, 2.05) is 24.3 Å². The van der Waals surface area contributed by atoms with Gasteiger partial charge in [-0.25, -0.2) is 9.78 Å². The van der Waals surface area contributed by atoms with E-state index in [2.05, 4.69) is 26.3 Å². The number of thiazole rings is 1. The van der Waals surface area contributed by atoms with E-state index in [1.54, 1.807) is 12.1 Å². The highest BCUT2D eigenvalue weighted by molar-refractivity contribution is 7.21. The first-order valence-corrected chi connectivity index (χ1v) is 16.5. The van der Waals surface area contributed by atoms with Crippen molar-refractivity contribution in [3.05, 3.63) is 52.9 Å². The number of para-hydroxylation sites is 1. The molecule has 2 heterocycles. The summed E-state index contributed by atoms with van der Waals surface area (Å²) in [7, 11) is 0. The second-order valence-corrected chi connectivity index (χ2v) is 11.9. The molecule has 18 heteroatoms. The van der Waals surface area contributed by atoms with E-state index < -0.39 is 55.4 Å². The monoisotopic (exact) mass is 713 g/mol. The molecule has 0 saturated heterocycles. The van der Waals surface area contributed by atoms with Crippen LogP contribution in [0.25, 0.3) is 31.8 Å². The van der Waals surface area contributed by atoms with Crippen LogP contribution in [0.15, 0.2) is 51.7 Å². The van der Waals surface area contributed by atoms with Crippen molar-refractivity contribution in [3.8, 4) is 10.6 Å². The number of benzene rings is 2. The lowest BCUT2D eigenvalue weighted by Crippen LogP contribution is -2.46. The van der Waals surface area contributed by atoms with Crippen LogP contribution in [-0.2, 0) is 19.2 Å². The maximum atomic E-state index is 13.3. The van der Waals surface area contributed by atoms with E-state index in [0.29, 0.717) is 15.9 Å². The van der Waals surface area contributed by atoms with E-state index in [0.717, 1.165) is 4.70 Å². The summed E-state index contributed by atoms with van der Waals surface area (Å²) >= 11 is 1.29. The molecule has 268 valence electrons. The maximum absolute atomic E-state index is 13.3. The van der Waals surface area contributed by atoms with Gasteiger partial charge in [0, 0.05) is 37.6 Å². The van der Waals surface area contributed by atoms with Crippen LogP contribution in [-0.4, -0.2) is 128 Å². The molecule has 0 saturated carbocycles. The van der Waals surface area contributed by atoms with Crippen molar-refractivity contribution in [1.82, 2.24) is 26.3 Å². The number of fused-ring (bicyclic) bond motifs is 2. The van der Waals surface area contributed by atoms with Crippen molar-refractivity contribution < 1.29 is 44.0 Å². The minimum absolute atomic E-state index is 0.0598. The van der Waals surface area contributed by atoms with Crippen molar-refractivity contribution in [3.63, 3.8) is 0 Å². The molecule has 17 nitrogen and oxygen atoms in total. The molecule has 50 heavy (non-hydrogen) atoms. The molecule has 0 unspecified atom stereocenters. The highest BCUT2D eigenvalue weighted by Crippen LogP contribution is 2.36. The quantitative estimate of drug-likeness (QED) is 0.0497. The molecule has 4 aromatic rings. The van der Waals surface area contributed by atoms with Gasteiger partial charge >= 0.3 is 5.63 Å². The second-order valence-electron chi connectivity index (χ2n) is 10.8. The Balaban J connectivity index is 1.92. The van der Waals surface area contributed by atoms with Gasteiger partial charge in [0.05, 0.1) is 79.8 Å². The first-order valence-electron chi connectivity index (χ1n) is 15.6. The number of aromatic nitrogens is 1. The Morgan fingerprint density at radius 2 is 1.14 bits per heavy atom. The van der Waals surface area contributed by atoms with Crippen LogP contribution in [0.3, 0.4) is 0 Å². The van der Waals surface area contributed by atoms with Crippen LogP contribution < -0.4 is 36.7 Å². The van der Waals surface area contributed by atoms with Crippen LogP contribution in [0.1, 0.15) is 0 Å². The Morgan fingerprint density at radius 1 is 0.680 bits per heavy atom. The van der Waals surface area contributed by atoms with Gasteiger partial charge in [0.1, 0.15) is 10.6 Å². The standard InChI is InChI=1S/C32H39N7O10S/c40-9-5-33-27(44)16-38(17-28(45)34-6-10-41)23-14-20-13-21(31-37-22-3-1-2-4-26(22)50-31)32(48)49-25(20)15-24(23)39(18-29(46)35-7-11-42)19-30(47)36-8-12-43/h1-4,13-15,40-43H,5-12,16-19H2,(H,33,44)(H,34,45)(H,35,46)(H,36,47). The number of aliphatic hydroxyl groups is 4.